The Hall–Kier alpha value is -2.52. The first-order valence-corrected chi connectivity index (χ1v) is 11.6. The number of benzene rings is 2. The van der Waals surface area contributed by atoms with E-state index in [1.807, 2.05) is 23.6 Å². The van der Waals surface area contributed by atoms with Crippen molar-refractivity contribution in [3.63, 3.8) is 0 Å². The van der Waals surface area contributed by atoms with Crippen molar-refractivity contribution in [3.8, 4) is 11.4 Å². The van der Waals surface area contributed by atoms with E-state index in [1.54, 1.807) is 0 Å². The lowest BCUT2D eigenvalue weighted by atomic mass is 9.87. The summed E-state index contributed by atoms with van der Waals surface area (Å²) in [6, 6.07) is 11.4. The largest absolute Gasteiger partial charge is 0.417 e. The quantitative estimate of drug-likeness (QED) is 0.387. The molecule has 2 aromatic carbocycles. The van der Waals surface area contributed by atoms with E-state index in [-0.39, 0.29) is 16.9 Å². The molecule has 5 nitrogen and oxygen atoms in total. The number of thioether (sulfide) groups is 1. The van der Waals surface area contributed by atoms with Crippen LogP contribution in [0.4, 0.5) is 18.9 Å². The highest BCUT2D eigenvalue weighted by atomic mass is 35.5. The molecule has 0 aliphatic heterocycles. The molecule has 0 saturated heterocycles. The average molecular weight is 497 g/mol. The van der Waals surface area contributed by atoms with E-state index in [0.717, 1.165) is 29.5 Å². The van der Waals surface area contributed by atoms with Crippen LogP contribution >= 0.6 is 23.4 Å². The van der Waals surface area contributed by atoms with E-state index in [9.17, 15) is 18.0 Å². The molecule has 0 bridgehead atoms. The second-order valence-electron chi connectivity index (χ2n) is 8.41. The summed E-state index contributed by atoms with van der Waals surface area (Å²) < 4.78 is 41.0. The number of alkyl halides is 3. The van der Waals surface area contributed by atoms with E-state index in [2.05, 4.69) is 48.4 Å². The predicted octanol–water partition coefficient (Wildman–Crippen LogP) is 6.67. The summed E-state index contributed by atoms with van der Waals surface area (Å²) in [6.07, 6.45) is -4.61. The van der Waals surface area contributed by atoms with Crippen molar-refractivity contribution in [2.45, 2.75) is 51.0 Å². The Morgan fingerprint density at radius 1 is 1.09 bits per heavy atom. The molecule has 0 radical (unpaired) electrons. The third-order valence-corrected chi connectivity index (χ3v) is 6.23. The minimum Gasteiger partial charge on any atom is -0.325 e. The molecule has 0 unspecified atom stereocenters. The summed E-state index contributed by atoms with van der Waals surface area (Å²) in [6.45, 7) is 8.98. The molecule has 0 saturated carbocycles. The molecule has 0 aliphatic carbocycles. The van der Waals surface area contributed by atoms with Gasteiger partial charge in [0.25, 0.3) is 0 Å². The Bertz CT molecular complexity index is 1140. The van der Waals surface area contributed by atoms with Gasteiger partial charge in [0.2, 0.25) is 5.91 Å². The van der Waals surface area contributed by atoms with Crippen LogP contribution < -0.4 is 5.32 Å². The van der Waals surface area contributed by atoms with Gasteiger partial charge in [-0.15, -0.1) is 10.2 Å². The first-order chi connectivity index (χ1) is 15.4. The number of aromatic nitrogens is 3. The van der Waals surface area contributed by atoms with E-state index in [1.165, 1.54) is 11.6 Å². The highest BCUT2D eigenvalue weighted by molar-refractivity contribution is 7.99. The molecule has 1 N–H and O–H groups in total. The van der Waals surface area contributed by atoms with Gasteiger partial charge in [-0.05, 0) is 36.1 Å². The normalized spacial score (nSPS) is 12.1. The maximum absolute atomic E-state index is 13.0. The van der Waals surface area contributed by atoms with E-state index in [0.29, 0.717) is 17.5 Å². The fourth-order valence-corrected chi connectivity index (χ4v) is 4.19. The summed E-state index contributed by atoms with van der Waals surface area (Å²) in [5.41, 5.74) is 1.18. The molecule has 1 heterocycles. The monoisotopic (exact) mass is 496 g/mol. The van der Waals surface area contributed by atoms with Gasteiger partial charge in [0, 0.05) is 17.8 Å². The van der Waals surface area contributed by atoms with Gasteiger partial charge in [-0.2, -0.15) is 13.2 Å². The van der Waals surface area contributed by atoms with Crippen molar-refractivity contribution in [1.29, 1.82) is 0 Å². The maximum Gasteiger partial charge on any atom is 0.417 e. The Morgan fingerprint density at radius 3 is 2.33 bits per heavy atom. The molecular weight excluding hydrogens is 473 g/mol. The second kappa shape index (κ2) is 9.77. The third kappa shape index (κ3) is 6.09. The highest BCUT2D eigenvalue weighted by Crippen LogP contribution is 2.36. The van der Waals surface area contributed by atoms with Crippen molar-refractivity contribution in [1.82, 2.24) is 14.8 Å². The molecule has 0 spiro atoms. The lowest BCUT2D eigenvalue weighted by Gasteiger charge is -2.19. The smallest absolute Gasteiger partial charge is 0.325 e. The molecule has 33 heavy (non-hydrogen) atoms. The lowest BCUT2D eigenvalue weighted by Crippen LogP contribution is -2.15. The second-order valence-corrected chi connectivity index (χ2v) is 9.76. The van der Waals surface area contributed by atoms with Gasteiger partial charge in [-0.25, -0.2) is 0 Å². The van der Waals surface area contributed by atoms with Crippen LogP contribution in [0.1, 0.15) is 38.8 Å². The van der Waals surface area contributed by atoms with E-state index in [4.69, 9.17) is 11.6 Å². The standard InChI is InChI=1S/C23H24ClF3N4OS/c1-5-31-20(14-6-8-15(9-7-14)22(2,3)4)29-30-21(31)33-13-19(32)28-16-10-11-18(24)17(12-16)23(25,26)27/h6-12H,5,13H2,1-4H3,(H,28,32). The zero-order valence-corrected chi connectivity index (χ0v) is 20.2. The van der Waals surface area contributed by atoms with Gasteiger partial charge in [0.15, 0.2) is 11.0 Å². The molecule has 0 aliphatic rings. The topological polar surface area (TPSA) is 59.8 Å². The number of halogens is 4. The van der Waals surface area contributed by atoms with Crippen LogP contribution in [0.15, 0.2) is 47.6 Å². The first-order valence-electron chi connectivity index (χ1n) is 10.2. The Balaban J connectivity index is 1.70. The molecule has 176 valence electrons. The van der Waals surface area contributed by atoms with E-state index >= 15 is 0 Å². The van der Waals surface area contributed by atoms with Gasteiger partial charge in [0.05, 0.1) is 16.3 Å². The number of carbonyl (C=O) groups is 1. The van der Waals surface area contributed by atoms with Crippen LogP contribution in [0.3, 0.4) is 0 Å². The van der Waals surface area contributed by atoms with E-state index < -0.39 is 22.7 Å². The molecule has 1 aromatic heterocycles. The predicted molar refractivity (Wildman–Crippen MR) is 126 cm³/mol. The fraction of sp³-hybridized carbons (Fsp3) is 0.348. The lowest BCUT2D eigenvalue weighted by molar-refractivity contribution is -0.137. The van der Waals surface area contributed by atoms with Crippen LogP contribution in [-0.2, 0) is 22.9 Å². The van der Waals surface area contributed by atoms with Gasteiger partial charge in [-0.3, -0.25) is 4.79 Å². The summed E-state index contributed by atoms with van der Waals surface area (Å²) in [5, 5.41) is 11.1. The molecular formula is C23H24ClF3N4OS. The van der Waals surface area contributed by atoms with Crippen molar-refractivity contribution in [2.75, 3.05) is 11.1 Å². The van der Waals surface area contributed by atoms with Crippen molar-refractivity contribution in [3.05, 3.63) is 58.6 Å². The molecule has 3 aromatic rings. The minimum atomic E-state index is -4.61. The zero-order chi connectivity index (χ0) is 24.4. The summed E-state index contributed by atoms with van der Waals surface area (Å²) >= 11 is 6.78. The van der Waals surface area contributed by atoms with Gasteiger partial charge in [0.1, 0.15) is 0 Å². The Morgan fingerprint density at radius 2 is 1.76 bits per heavy atom. The molecule has 3 rings (SSSR count). The van der Waals surface area contributed by atoms with Crippen LogP contribution in [-0.4, -0.2) is 26.4 Å². The Kier molecular flexibility index (Phi) is 7.43. The fourth-order valence-electron chi connectivity index (χ4n) is 3.16. The number of nitrogens with zero attached hydrogens (tertiary/aromatic N) is 3. The SMILES string of the molecule is CCn1c(SCC(=O)Nc2ccc(Cl)c(C(F)(F)F)c2)nnc1-c1ccc(C(C)(C)C)cc1. The number of carbonyl (C=O) groups excluding carboxylic acids is 1. The maximum atomic E-state index is 13.0. The van der Waals surface area contributed by atoms with Gasteiger partial charge in [-0.1, -0.05) is 68.4 Å². The molecule has 0 atom stereocenters. The summed E-state index contributed by atoms with van der Waals surface area (Å²) in [4.78, 5) is 12.3. The van der Waals surface area contributed by atoms with Gasteiger partial charge < -0.3 is 9.88 Å². The number of nitrogens with one attached hydrogen (secondary N) is 1. The number of amides is 1. The third-order valence-electron chi connectivity index (χ3n) is 4.93. The van der Waals surface area contributed by atoms with Crippen LogP contribution in [0.25, 0.3) is 11.4 Å². The molecule has 1 amide bonds. The first kappa shape index (κ1) is 25.1. The number of hydrogen-bond acceptors (Lipinski definition) is 4. The van der Waals surface area contributed by atoms with Crippen LogP contribution in [0, 0.1) is 0 Å². The summed E-state index contributed by atoms with van der Waals surface area (Å²) in [5.74, 6) is 0.191. The number of hydrogen-bond donors (Lipinski definition) is 1. The van der Waals surface area contributed by atoms with Crippen LogP contribution in [0.5, 0.6) is 0 Å². The summed E-state index contributed by atoms with van der Waals surface area (Å²) in [7, 11) is 0. The van der Waals surface area contributed by atoms with Crippen molar-refractivity contribution in [2.24, 2.45) is 0 Å². The Labute approximate surface area is 199 Å². The average Bonchev–Trinajstić information content (AvgIpc) is 3.15. The zero-order valence-electron chi connectivity index (χ0n) is 18.6. The number of anilines is 1. The molecule has 10 heteroatoms. The van der Waals surface area contributed by atoms with Crippen LogP contribution in [0.2, 0.25) is 5.02 Å². The minimum absolute atomic E-state index is 0.0221. The van der Waals surface area contributed by atoms with Gasteiger partial charge >= 0.3 is 6.18 Å². The van der Waals surface area contributed by atoms with Crippen molar-refractivity contribution < 1.29 is 18.0 Å². The number of rotatable bonds is 6. The highest BCUT2D eigenvalue weighted by Gasteiger charge is 2.33. The van der Waals surface area contributed by atoms with Crippen molar-refractivity contribution >= 4 is 35.0 Å². The molecule has 0 fully saturated rings.